The molecule has 0 atom stereocenters. The lowest BCUT2D eigenvalue weighted by Gasteiger charge is -2.09. The van der Waals surface area contributed by atoms with Crippen molar-refractivity contribution in [1.29, 1.82) is 0 Å². The molecule has 0 radical (unpaired) electrons. The summed E-state index contributed by atoms with van der Waals surface area (Å²) in [4.78, 5) is 24.7. The number of nitrogens with one attached hydrogen (secondary N) is 1. The number of amides is 1. The Labute approximate surface area is 167 Å². The van der Waals surface area contributed by atoms with Crippen molar-refractivity contribution in [2.24, 2.45) is 0 Å². The minimum Gasteiger partial charge on any atom is -0.451 e. The highest BCUT2D eigenvalue weighted by atomic mass is 19.1. The zero-order chi connectivity index (χ0) is 20.4. The van der Waals surface area contributed by atoms with E-state index in [0.29, 0.717) is 17.2 Å². The van der Waals surface area contributed by atoms with Gasteiger partial charge in [0.1, 0.15) is 5.82 Å². The van der Waals surface area contributed by atoms with E-state index in [4.69, 9.17) is 4.74 Å². The predicted octanol–water partition coefficient (Wildman–Crippen LogP) is 3.99. The molecule has 1 aliphatic rings. The SMILES string of the molecule is Cc1ccc(NC(=O)COC(=O)c2cc(C3CC3)nn2-c2ccccc2)cc1F. The van der Waals surface area contributed by atoms with Gasteiger partial charge >= 0.3 is 5.97 Å². The molecule has 29 heavy (non-hydrogen) atoms. The van der Waals surface area contributed by atoms with Crippen LogP contribution in [0.1, 0.15) is 40.5 Å². The number of nitrogens with zero attached hydrogens (tertiary/aromatic N) is 2. The average molecular weight is 393 g/mol. The third-order valence-electron chi connectivity index (χ3n) is 4.72. The van der Waals surface area contributed by atoms with E-state index >= 15 is 0 Å². The van der Waals surface area contributed by atoms with E-state index in [1.807, 2.05) is 30.3 Å². The van der Waals surface area contributed by atoms with Crippen molar-refractivity contribution in [1.82, 2.24) is 9.78 Å². The monoisotopic (exact) mass is 393 g/mol. The summed E-state index contributed by atoms with van der Waals surface area (Å²) in [6.45, 7) is 1.15. The number of benzene rings is 2. The third-order valence-corrected chi connectivity index (χ3v) is 4.72. The molecule has 0 aliphatic heterocycles. The number of aryl methyl sites for hydroxylation is 1. The van der Waals surface area contributed by atoms with Gasteiger partial charge in [0.2, 0.25) is 0 Å². The molecule has 1 heterocycles. The summed E-state index contributed by atoms with van der Waals surface area (Å²) in [5.41, 5.74) is 2.65. The minimum absolute atomic E-state index is 0.271. The molecular weight excluding hydrogens is 373 g/mol. The van der Waals surface area contributed by atoms with E-state index in [-0.39, 0.29) is 5.69 Å². The Morgan fingerprint density at radius 2 is 1.93 bits per heavy atom. The van der Waals surface area contributed by atoms with Crippen LogP contribution in [-0.2, 0) is 9.53 Å². The van der Waals surface area contributed by atoms with E-state index in [0.717, 1.165) is 24.2 Å². The van der Waals surface area contributed by atoms with Gasteiger partial charge < -0.3 is 10.1 Å². The summed E-state index contributed by atoms with van der Waals surface area (Å²) in [5, 5.41) is 7.07. The molecule has 3 aromatic rings. The van der Waals surface area contributed by atoms with Gasteiger partial charge in [-0.05, 0) is 55.7 Å². The summed E-state index contributed by atoms with van der Waals surface area (Å²) in [7, 11) is 0. The highest BCUT2D eigenvalue weighted by Crippen LogP contribution is 2.39. The topological polar surface area (TPSA) is 73.2 Å². The molecule has 1 saturated carbocycles. The van der Waals surface area contributed by atoms with Gasteiger partial charge in [0, 0.05) is 11.6 Å². The van der Waals surface area contributed by atoms with E-state index < -0.39 is 24.3 Å². The molecule has 4 rings (SSSR count). The molecule has 1 amide bonds. The number of ether oxygens (including phenoxy) is 1. The number of carbonyl (C=O) groups excluding carboxylic acids is 2. The van der Waals surface area contributed by atoms with Crippen molar-refractivity contribution < 1.29 is 18.7 Å². The first-order valence-electron chi connectivity index (χ1n) is 9.40. The number of aromatic nitrogens is 2. The molecule has 0 saturated heterocycles. The Morgan fingerprint density at radius 1 is 1.17 bits per heavy atom. The fourth-order valence-corrected chi connectivity index (χ4v) is 2.96. The second-order valence-corrected chi connectivity index (χ2v) is 7.06. The lowest BCUT2D eigenvalue weighted by molar-refractivity contribution is -0.119. The zero-order valence-corrected chi connectivity index (χ0v) is 15.9. The Hall–Kier alpha value is -3.48. The molecule has 0 unspecified atom stereocenters. The lowest BCUT2D eigenvalue weighted by atomic mass is 10.2. The van der Waals surface area contributed by atoms with Crippen LogP contribution in [0.4, 0.5) is 10.1 Å². The number of hydrogen-bond acceptors (Lipinski definition) is 4. The maximum atomic E-state index is 13.6. The lowest BCUT2D eigenvalue weighted by Crippen LogP contribution is -2.22. The molecule has 1 fully saturated rings. The smallest absolute Gasteiger partial charge is 0.357 e. The van der Waals surface area contributed by atoms with Crippen molar-refractivity contribution in [2.75, 3.05) is 11.9 Å². The number of carbonyl (C=O) groups is 2. The van der Waals surface area contributed by atoms with E-state index in [9.17, 15) is 14.0 Å². The van der Waals surface area contributed by atoms with Crippen LogP contribution in [-0.4, -0.2) is 28.3 Å². The standard InChI is InChI=1S/C22H20FN3O3/c1-14-7-10-16(11-18(14)23)24-21(27)13-29-22(28)20-12-19(15-8-9-15)25-26(20)17-5-3-2-4-6-17/h2-7,10-12,15H,8-9,13H2,1H3,(H,24,27). The van der Waals surface area contributed by atoms with E-state index in [2.05, 4.69) is 10.4 Å². The molecule has 1 aromatic heterocycles. The molecule has 6 nitrogen and oxygen atoms in total. The van der Waals surface area contributed by atoms with Gasteiger partial charge in [-0.15, -0.1) is 0 Å². The van der Waals surface area contributed by atoms with Crippen molar-refractivity contribution in [3.05, 3.63) is 77.4 Å². The zero-order valence-electron chi connectivity index (χ0n) is 15.9. The van der Waals surface area contributed by atoms with Gasteiger partial charge in [0.15, 0.2) is 12.3 Å². The molecule has 2 aromatic carbocycles. The van der Waals surface area contributed by atoms with Crippen molar-refractivity contribution in [2.45, 2.75) is 25.7 Å². The molecule has 1 N–H and O–H groups in total. The van der Waals surface area contributed by atoms with Gasteiger partial charge in [-0.25, -0.2) is 13.9 Å². The van der Waals surface area contributed by atoms with Crippen LogP contribution in [0.2, 0.25) is 0 Å². The first-order valence-corrected chi connectivity index (χ1v) is 9.40. The number of esters is 1. The molecule has 1 aliphatic carbocycles. The van der Waals surface area contributed by atoms with E-state index in [1.54, 1.807) is 29.8 Å². The van der Waals surface area contributed by atoms with Gasteiger partial charge in [-0.3, -0.25) is 4.79 Å². The normalized spacial score (nSPS) is 13.2. The average Bonchev–Trinajstić information content (AvgIpc) is 3.48. The van der Waals surface area contributed by atoms with Crippen LogP contribution in [0.3, 0.4) is 0 Å². The maximum Gasteiger partial charge on any atom is 0.357 e. The summed E-state index contributed by atoms with van der Waals surface area (Å²) >= 11 is 0. The Bertz CT molecular complexity index is 1060. The van der Waals surface area contributed by atoms with Crippen LogP contribution < -0.4 is 5.32 Å². The number of anilines is 1. The summed E-state index contributed by atoms with van der Waals surface area (Å²) in [6, 6.07) is 15.4. The first-order chi connectivity index (χ1) is 14.0. The second kappa shape index (κ2) is 7.87. The third kappa shape index (κ3) is 4.34. The van der Waals surface area contributed by atoms with Crippen LogP contribution in [0.25, 0.3) is 5.69 Å². The van der Waals surface area contributed by atoms with Crippen molar-refractivity contribution in [3.8, 4) is 5.69 Å². The Balaban J connectivity index is 1.45. The molecule has 148 valence electrons. The molecule has 7 heteroatoms. The number of para-hydroxylation sites is 1. The molecule has 0 spiro atoms. The number of halogens is 1. The highest BCUT2D eigenvalue weighted by Gasteiger charge is 2.29. The summed E-state index contributed by atoms with van der Waals surface area (Å²) < 4.78 is 20.3. The minimum atomic E-state index is -0.640. The summed E-state index contributed by atoms with van der Waals surface area (Å²) in [6.07, 6.45) is 2.10. The largest absolute Gasteiger partial charge is 0.451 e. The predicted molar refractivity (Wildman–Crippen MR) is 106 cm³/mol. The van der Waals surface area contributed by atoms with Crippen LogP contribution in [0.15, 0.2) is 54.6 Å². The summed E-state index contributed by atoms with van der Waals surface area (Å²) in [5.74, 6) is -1.24. The number of hydrogen-bond donors (Lipinski definition) is 1. The quantitative estimate of drug-likeness (QED) is 0.643. The Morgan fingerprint density at radius 3 is 2.62 bits per heavy atom. The molecule has 0 bridgehead atoms. The van der Waals surface area contributed by atoms with Crippen LogP contribution >= 0.6 is 0 Å². The van der Waals surface area contributed by atoms with E-state index in [1.165, 1.54) is 6.07 Å². The highest BCUT2D eigenvalue weighted by molar-refractivity contribution is 5.95. The first kappa shape index (κ1) is 18.9. The van der Waals surface area contributed by atoms with Crippen molar-refractivity contribution >= 4 is 17.6 Å². The fraction of sp³-hybridized carbons (Fsp3) is 0.227. The van der Waals surface area contributed by atoms with Crippen LogP contribution in [0, 0.1) is 12.7 Å². The van der Waals surface area contributed by atoms with Gasteiger partial charge in [0.25, 0.3) is 5.91 Å². The Kier molecular flexibility index (Phi) is 5.12. The maximum absolute atomic E-state index is 13.6. The van der Waals surface area contributed by atoms with Crippen molar-refractivity contribution in [3.63, 3.8) is 0 Å². The van der Waals surface area contributed by atoms with Crippen LogP contribution in [0.5, 0.6) is 0 Å². The van der Waals surface area contributed by atoms with Gasteiger partial charge in [-0.1, -0.05) is 24.3 Å². The second-order valence-electron chi connectivity index (χ2n) is 7.06. The number of rotatable bonds is 6. The fourth-order valence-electron chi connectivity index (χ4n) is 2.96. The molecular formula is C22H20FN3O3. The van der Waals surface area contributed by atoms with Gasteiger partial charge in [0.05, 0.1) is 11.4 Å². The van der Waals surface area contributed by atoms with Gasteiger partial charge in [-0.2, -0.15) is 5.10 Å².